The lowest BCUT2D eigenvalue weighted by Crippen LogP contribution is -2.56. The molecule has 1 aliphatic heterocycles. The van der Waals surface area contributed by atoms with Gasteiger partial charge in [0.05, 0.1) is 33.2 Å². The van der Waals surface area contributed by atoms with Crippen molar-refractivity contribution in [2.75, 3.05) is 13.1 Å². The van der Waals surface area contributed by atoms with Crippen LogP contribution in [0.1, 0.15) is 32.3 Å². The number of hydrogen-bond donors (Lipinski definition) is 1. The summed E-state index contributed by atoms with van der Waals surface area (Å²) in [5, 5.41) is 12.4. The smallest absolute Gasteiger partial charge is 0.274 e. The van der Waals surface area contributed by atoms with Crippen molar-refractivity contribution < 1.29 is 14.0 Å². The number of fused-ring (bicyclic) bond motifs is 1. The van der Waals surface area contributed by atoms with Crippen molar-refractivity contribution in [3.63, 3.8) is 0 Å². The fraction of sp³-hybridized carbons (Fsp3) is 0.208. The molecule has 166 valence electrons. The number of benzene rings is 2. The average Bonchev–Trinajstić information content (AvgIpc) is 3.20. The molecular formula is C24H20FN5O2S. The normalized spacial score (nSPS) is 15.3. The third kappa shape index (κ3) is 4.07. The maximum atomic E-state index is 13.3. The molecule has 2 aromatic carbocycles. The summed E-state index contributed by atoms with van der Waals surface area (Å²) < 4.78 is 13.3. The van der Waals surface area contributed by atoms with E-state index in [2.05, 4.69) is 20.5 Å². The molecule has 5 rings (SSSR count). The Labute approximate surface area is 193 Å². The van der Waals surface area contributed by atoms with Crippen LogP contribution in [0.3, 0.4) is 0 Å². The standard InChI is InChI=1S/C24H20FN5O2S/c1-14-28-21(22(33-14)15-6-8-16(25)9-7-15)24(32)30-11-10-17(30)12-26-23(31)19-13-27-29-20-5-3-2-4-18(19)20/h2-9,13,17H,10-12H2,1H3,(H,26,31). The molecule has 1 N–H and O–H groups in total. The molecule has 1 saturated heterocycles. The van der Waals surface area contributed by atoms with Gasteiger partial charge in [0.1, 0.15) is 11.5 Å². The second-order valence-electron chi connectivity index (χ2n) is 7.84. The van der Waals surface area contributed by atoms with Crippen LogP contribution in [0.15, 0.2) is 54.7 Å². The van der Waals surface area contributed by atoms with Gasteiger partial charge < -0.3 is 10.2 Å². The predicted octanol–water partition coefficient (Wildman–Crippen LogP) is 3.85. The molecule has 0 saturated carbocycles. The number of carbonyl (C=O) groups is 2. The molecular weight excluding hydrogens is 441 g/mol. The third-order valence-corrected chi connectivity index (χ3v) is 6.76. The van der Waals surface area contributed by atoms with Crippen LogP contribution in [-0.2, 0) is 0 Å². The highest BCUT2D eigenvalue weighted by Crippen LogP contribution is 2.33. The molecule has 33 heavy (non-hydrogen) atoms. The van der Waals surface area contributed by atoms with E-state index in [4.69, 9.17) is 0 Å². The summed E-state index contributed by atoms with van der Waals surface area (Å²) in [6.07, 6.45) is 2.24. The number of aromatic nitrogens is 3. The van der Waals surface area contributed by atoms with Gasteiger partial charge in [0.15, 0.2) is 0 Å². The van der Waals surface area contributed by atoms with Crippen molar-refractivity contribution in [3.05, 3.63) is 76.8 Å². The summed E-state index contributed by atoms with van der Waals surface area (Å²) in [6, 6.07) is 13.3. The minimum atomic E-state index is -0.330. The Balaban J connectivity index is 1.30. The van der Waals surface area contributed by atoms with Gasteiger partial charge in [-0.25, -0.2) is 9.37 Å². The molecule has 1 atom stereocenters. The molecule has 0 spiro atoms. The van der Waals surface area contributed by atoms with Crippen molar-refractivity contribution in [3.8, 4) is 10.4 Å². The van der Waals surface area contributed by atoms with Crippen molar-refractivity contribution in [2.24, 2.45) is 0 Å². The molecule has 2 aromatic heterocycles. The van der Waals surface area contributed by atoms with Crippen molar-refractivity contribution in [1.29, 1.82) is 0 Å². The number of thiazole rings is 1. The first-order valence-corrected chi connectivity index (χ1v) is 11.4. The number of amides is 2. The lowest BCUT2D eigenvalue weighted by atomic mass is 10.0. The van der Waals surface area contributed by atoms with E-state index in [1.165, 1.54) is 29.7 Å². The molecule has 3 heterocycles. The van der Waals surface area contributed by atoms with Crippen molar-refractivity contribution >= 4 is 34.1 Å². The number of likely N-dealkylation sites (tertiary alicyclic amines) is 1. The molecule has 2 amide bonds. The highest BCUT2D eigenvalue weighted by molar-refractivity contribution is 7.15. The Morgan fingerprint density at radius 1 is 1.18 bits per heavy atom. The molecule has 4 aromatic rings. The van der Waals surface area contributed by atoms with E-state index in [0.717, 1.165) is 27.3 Å². The van der Waals surface area contributed by atoms with E-state index in [1.54, 1.807) is 23.1 Å². The first-order chi connectivity index (χ1) is 16.0. The number of halogens is 1. The Bertz CT molecular complexity index is 1350. The Morgan fingerprint density at radius 2 is 1.97 bits per heavy atom. The van der Waals surface area contributed by atoms with Crippen LogP contribution in [0.25, 0.3) is 21.3 Å². The van der Waals surface area contributed by atoms with Gasteiger partial charge in [-0.05, 0) is 37.1 Å². The van der Waals surface area contributed by atoms with Crippen LogP contribution in [0.4, 0.5) is 4.39 Å². The predicted molar refractivity (Wildman–Crippen MR) is 124 cm³/mol. The quantitative estimate of drug-likeness (QED) is 0.488. The van der Waals surface area contributed by atoms with Gasteiger partial charge in [-0.1, -0.05) is 30.3 Å². The zero-order chi connectivity index (χ0) is 22.9. The number of nitrogens with zero attached hydrogens (tertiary/aromatic N) is 4. The maximum absolute atomic E-state index is 13.3. The minimum Gasteiger partial charge on any atom is -0.350 e. The lowest BCUT2D eigenvalue weighted by Gasteiger charge is -2.40. The summed E-state index contributed by atoms with van der Waals surface area (Å²) in [5.74, 6) is -0.763. The van der Waals surface area contributed by atoms with E-state index >= 15 is 0 Å². The second-order valence-corrected chi connectivity index (χ2v) is 9.05. The van der Waals surface area contributed by atoms with Gasteiger partial charge in [0.2, 0.25) is 0 Å². The molecule has 7 nitrogen and oxygen atoms in total. The SMILES string of the molecule is Cc1nc(C(=O)N2CCC2CNC(=O)c2cnnc3ccccc23)c(-c2ccc(F)cc2)s1. The number of rotatable bonds is 5. The Morgan fingerprint density at radius 3 is 2.73 bits per heavy atom. The van der Waals surface area contributed by atoms with Crippen LogP contribution < -0.4 is 5.32 Å². The second kappa shape index (κ2) is 8.67. The van der Waals surface area contributed by atoms with Crippen molar-refractivity contribution in [1.82, 2.24) is 25.4 Å². The van der Waals surface area contributed by atoms with E-state index in [0.29, 0.717) is 29.9 Å². The molecule has 0 radical (unpaired) electrons. The fourth-order valence-electron chi connectivity index (χ4n) is 3.92. The molecule has 0 bridgehead atoms. The molecule has 0 aliphatic carbocycles. The van der Waals surface area contributed by atoms with Crippen molar-refractivity contribution in [2.45, 2.75) is 19.4 Å². The first kappa shape index (κ1) is 21.1. The Kier molecular flexibility index (Phi) is 5.55. The summed E-state index contributed by atoms with van der Waals surface area (Å²) in [7, 11) is 0. The molecule has 9 heteroatoms. The number of hydrogen-bond acceptors (Lipinski definition) is 6. The zero-order valence-corrected chi connectivity index (χ0v) is 18.6. The summed E-state index contributed by atoms with van der Waals surface area (Å²) in [5.41, 5.74) is 2.22. The maximum Gasteiger partial charge on any atom is 0.274 e. The number of carbonyl (C=O) groups excluding carboxylic acids is 2. The number of nitrogens with one attached hydrogen (secondary N) is 1. The van der Waals surface area contributed by atoms with Gasteiger partial charge in [0.25, 0.3) is 11.8 Å². The molecule has 1 unspecified atom stereocenters. The van der Waals surface area contributed by atoms with Gasteiger partial charge in [-0.3, -0.25) is 9.59 Å². The van der Waals surface area contributed by atoms with Gasteiger partial charge >= 0.3 is 0 Å². The first-order valence-electron chi connectivity index (χ1n) is 10.5. The number of aryl methyl sites for hydroxylation is 1. The van der Waals surface area contributed by atoms with Crippen LogP contribution in [0.5, 0.6) is 0 Å². The zero-order valence-electron chi connectivity index (χ0n) is 17.8. The Hall–Kier alpha value is -3.72. The topological polar surface area (TPSA) is 88.1 Å². The van der Waals surface area contributed by atoms with E-state index < -0.39 is 0 Å². The summed E-state index contributed by atoms with van der Waals surface area (Å²) in [4.78, 5) is 33.0. The highest BCUT2D eigenvalue weighted by atomic mass is 32.1. The summed E-state index contributed by atoms with van der Waals surface area (Å²) in [6.45, 7) is 2.77. The third-order valence-electron chi connectivity index (χ3n) is 5.74. The van der Waals surface area contributed by atoms with E-state index in [1.807, 2.05) is 25.1 Å². The van der Waals surface area contributed by atoms with E-state index in [-0.39, 0.29) is 23.7 Å². The largest absolute Gasteiger partial charge is 0.350 e. The minimum absolute atomic E-state index is 0.120. The van der Waals surface area contributed by atoms with Gasteiger partial charge in [-0.2, -0.15) is 10.2 Å². The summed E-state index contributed by atoms with van der Waals surface area (Å²) >= 11 is 1.41. The molecule has 1 aliphatic rings. The van der Waals surface area contributed by atoms with Crippen LogP contribution in [0.2, 0.25) is 0 Å². The van der Waals surface area contributed by atoms with Crippen LogP contribution >= 0.6 is 11.3 Å². The molecule has 1 fully saturated rings. The van der Waals surface area contributed by atoms with Crippen LogP contribution in [0, 0.1) is 12.7 Å². The lowest BCUT2D eigenvalue weighted by molar-refractivity contribution is 0.0451. The van der Waals surface area contributed by atoms with Gasteiger partial charge in [-0.15, -0.1) is 11.3 Å². The fourth-order valence-corrected chi connectivity index (χ4v) is 4.83. The monoisotopic (exact) mass is 461 g/mol. The van der Waals surface area contributed by atoms with Gasteiger partial charge in [0, 0.05) is 18.5 Å². The van der Waals surface area contributed by atoms with E-state index in [9.17, 15) is 14.0 Å². The average molecular weight is 462 g/mol. The van der Waals surface area contributed by atoms with Crippen LogP contribution in [-0.4, -0.2) is 51.0 Å². The highest BCUT2D eigenvalue weighted by Gasteiger charge is 2.35.